The van der Waals surface area contributed by atoms with Crippen LogP contribution in [-0.2, 0) is 35.6 Å². The molecule has 338 valence electrons. The molecule has 5 atom stereocenters. The van der Waals surface area contributed by atoms with E-state index in [1.54, 1.807) is 18.1 Å². The van der Waals surface area contributed by atoms with Crippen LogP contribution in [0.5, 0.6) is 17.4 Å². The van der Waals surface area contributed by atoms with Gasteiger partial charge in [0.05, 0.1) is 37.1 Å². The summed E-state index contributed by atoms with van der Waals surface area (Å²) in [6.07, 6.45) is 11.3. The van der Waals surface area contributed by atoms with E-state index in [0.29, 0.717) is 74.9 Å². The van der Waals surface area contributed by atoms with Crippen LogP contribution in [0.2, 0.25) is 0 Å². The molecule has 9 rings (SSSR count). The molecular weight excluding hydrogens is 817 g/mol. The number of hydrogen-bond acceptors (Lipinski definition) is 11. The van der Waals surface area contributed by atoms with Crippen molar-refractivity contribution >= 4 is 44.7 Å². The summed E-state index contributed by atoms with van der Waals surface area (Å²) in [5, 5.41) is 6.11. The number of ether oxygens (including phenoxy) is 4. The number of urea groups is 1. The number of sulfonamides is 1. The Morgan fingerprint density at radius 1 is 1.02 bits per heavy atom. The molecule has 1 aromatic carbocycles. The van der Waals surface area contributed by atoms with E-state index in [4.69, 9.17) is 23.9 Å². The summed E-state index contributed by atoms with van der Waals surface area (Å²) in [7, 11) is -2.27. The quantitative estimate of drug-likeness (QED) is 0.284. The zero-order valence-corrected chi connectivity index (χ0v) is 36.8. The molecule has 3 N–H and O–H groups in total. The van der Waals surface area contributed by atoms with Gasteiger partial charge in [-0.15, -0.1) is 6.58 Å². The first kappa shape index (κ1) is 44.0. The predicted octanol–water partition coefficient (Wildman–Crippen LogP) is 4.53. The van der Waals surface area contributed by atoms with E-state index in [2.05, 4.69) is 21.9 Å². The lowest BCUT2D eigenvalue weighted by molar-refractivity contribution is -0.142. The van der Waals surface area contributed by atoms with Crippen molar-refractivity contribution in [3.63, 3.8) is 0 Å². The first-order valence-corrected chi connectivity index (χ1v) is 24.3. The first-order chi connectivity index (χ1) is 29.9. The molecule has 3 aliphatic carbocycles. The minimum Gasteiger partial charge on any atom is -0.496 e. The number of nitrogens with zero attached hydrogens (tertiary/aromatic N) is 3. The molecule has 16 nitrogen and oxygen atoms in total. The summed E-state index contributed by atoms with van der Waals surface area (Å²) in [5.41, 5.74) is 0.0376. The number of amides is 5. The average molecular weight is 879 g/mol. The Morgan fingerprint density at radius 3 is 2.47 bits per heavy atom. The molecule has 7 aliphatic rings. The number of methoxy groups -OCH3 is 1. The molecule has 62 heavy (non-hydrogen) atoms. The Bertz CT molecular complexity index is 2140. The molecule has 0 spiro atoms. The molecule has 3 saturated carbocycles. The third-order valence-electron chi connectivity index (χ3n) is 13.7. The average Bonchev–Trinajstić information content (AvgIpc) is 4.20. The van der Waals surface area contributed by atoms with Gasteiger partial charge in [0.15, 0.2) is 0 Å². The summed E-state index contributed by atoms with van der Waals surface area (Å²) >= 11 is 0. The highest BCUT2D eigenvalue weighted by molar-refractivity contribution is 7.91. The van der Waals surface area contributed by atoms with E-state index in [9.17, 15) is 22.8 Å². The van der Waals surface area contributed by atoms with Crippen LogP contribution in [0.4, 0.5) is 4.79 Å². The third-order valence-corrected chi connectivity index (χ3v) is 15.5. The lowest BCUT2D eigenvalue weighted by atomic mass is 9.83. The Morgan fingerprint density at radius 2 is 1.77 bits per heavy atom. The Hall–Kier alpha value is -4.64. The summed E-state index contributed by atoms with van der Waals surface area (Å²) in [4.78, 5) is 65.7. The van der Waals surface area contributed by atoms with E-state index in [1.165, 1.54) is 11.0 Å². The Labute approximate surface area is 364 Å². The number of piperidine rings is 1. The van der Waals surface area contributed by atoms with Crippen LogP contribution in [0, 0.1) is 11.8 Å². The fourth-order valence-electron chi connectivity index (χ4n) is 9.84. The molecule has 4 aliphatic heterocycles. The molecule has 0 unspecified atom stereocenters. The number of hydrogen-bond donors (Lipinski definition) is 3. The van der Waals surface area contributed by atoms with Crippen molar-refractivity contribution in [1.29, 1.82) is 0 Å². The van der Waals surface area contributed by atoms with Gasteiger partial charge >= 0.3 is 6.03 Å². The smallest absolute Gasteiger partial charge is 0.318 e. The van der Waals surface area contributed by atoms with Crippen LogP contribution in [0.15, 0.2) is 30.9 Å². The zero-order valence-electron chi connectivity index (χ0n) is 36.0. The summed E-state index contributed by atoms with van der Waals surface area (Å²) in [6.45, 7) is 7.71. The van der Waals surface area contributed by atoms with Crippen LogP contribution >= 0.6 is 0 Å². The van der Waals surface area contributed by atoms with E-state index in [-0.39, 0.29) is 37.4 Å². The standard InChI is InChI=1S/C45H62N6O10S/c1-4-30-26-45(30,43(54)49-62(56,57)33-15-16-33)48-41(52)36-23-32-27-51(36)42(53)40(28-12-8-6-9-13-28)47-44(55)50-19-17-31(18-20-50)60-21-11-7-10-14-29-22-34-35(24-37(29)58-3)46-39(59-5-2)25-38(34)61-32/h4,22,24-25,28,30-33,36,40H,1,5-21,23,26-27H2,2-3H3,(H,47,55)(H,48,52)(H,49,54)/t30-,32-,36+,40+,45-/m1/s1. The number of carbonyl (C=O) groups excluding carboxylic acids is 4. The van der Waals surface area contributed by atoms with Gasteiger partial charge in [0.1, 0.15) is 35.2 Å². The van der Waals surface area contributed by atoms with Crippen molar-refractivity contribution in [3.8, 4) is 17.4 Å². The summed E-state index contributed by atoms with van der Waals surface area (Å²) < 4.78 is 52.8. The number of nitrogens with one attached hydrogen (secondary N) is 3. The second-order valence-corrected chi connectivity index (χ2v) is 19.9. The fraction of sp³-hybridized carbons (Fsp3) is 0.667. The zero-order chi connectivity index (χ0) is 43.6. The number of rotatable bonds is 10. The lowest BCUT2D eigenvalue weighted by Gasteiger charge is -2.37. The van der Waals surface area contributed by atoms with Crippen molar-refractivity contribution in [3.05, 3.63) is 36.4 Å². The van der Waals surface area contributed by atoms with Gasteiger partial charge in [0, 0.05) is 49.6 Å². The second kappa shape index (κ2) is 18.6. The van der Waals surface area contributed by atoms with Crippen molar-refractivity contribution in [1.82, 2.24) is 30.1 Å². The SMILES string of the molecule is C=C[C@@H]1C[C@]1(NC(=O)[C@@H]1C[C@@H]2CN1C(=O)[C@H](C1CCCCC1)NC(=O)N1CCC(CC1)OCCCCCc1cc3c(cc(OCC)nc3cc1OC)O2)C(=O)NS(=O)(=O)C1CC1. The minimum atomic E-state index is -3.91. The maximum atomic E-state index is 15.2. The van der Waals surface area contributed by atoms with Crippen molar-refractivity contribution < 1.29 is 46.5 Å². The van der Waals surface area contributed by atoms with E-state index >= 15 is 4.79 Å². The minimum absolute atomic E-state index is 0.00961. The van der Waals surface area contributed by atoms with Crippen molar-refractivity contribution in [2.45, 2.75) is 138 Å². The normalized spacial score (nSPS) is 28.9. The highest BCUT2D eigenvalue weighted by Gasteiger charge is 2.62. The van der Waals surface area contributed by atoms with Crippen LogP contribution in [0.3, 0.4) is 0 Å². The number of aryl methyl sites for hydroxylation is 1. The molecule has 5 heterocycles. The topological polar surface area (TPSA) is 195 Å². The molecule has 6 bridgehead atoms. The highest BCUT2D eigenvalue weighted by Crippen LogP contribution is 2.46. The molecule has 17 heteroatoms. The van der Waals surface area contributed by atoms with Gasteiger partial charge in [-0.2, -0.15) is 0 Å². The highest BCUT2D eigenvalue weighted by atomic mass is 32.2. The molecular formula is C45H62N6O10S. The third kappa shape index (κ3) is 9.48. The number of pyridine rings is 1. The lowest BCUT2D eigenvalue weighted by Crippen LogP contribution is -2.60. The second-order valence-electron chi connectivity index (χ2n) is 17.9. The molecule has 2 saturated heterocycles. The van der Waals surface area contributed by atoms with Gasteiger partial charge in [0.2, 0.25) is 27.7 Å². The maximum absolute atomic E-state index is 15.2. The Kier molecular flexibility index (Phi) is 13.2. The van der Waals surface area contributed by atoms with Crippen molar-refractivity contribution in [2.75, 3.05) is 40.0 Å². The monoisotopic (exact) mass is 878 g/mol. The maximum Gasteiger partial charge on any atom is 0.318 e. The molecule has 1 aromatic heterocycles. The number of aromatic nitrogens is 1. The molecule has 2 aromatic rings. The fourth-order valence-corrected chi connectivity index (χ4v) is 11.2. The van der Waals surface area contributed by atoms with Gasteiger partial charge in [0.25, 0.3) is 5.91 Å². The number of fused-ring (bicyclic) bond motifs is 10. The molecule has 0 radical (unpaired) electrons. The van der Waals surface area contributed by atoms with E-state index in [0.717, 1.165) is 68.7 Å². The molecule has 5 fully saturated rings. The van der Waals surface area contributed by atoms with Crippen LogP contribution < -0.4 is 29.6 Å². The number of carbonyl (C=O) groups is 4. The van der Waals surface area contributed by atoms with Gasteiger partial charge in [-0.05, 0) is 88.7 Å². The van der Waals surface area contributed by atoms with Crippen LogP contribution in [-0.4, -0.2) is 122 Å². The van der Waals surface area contributed by atoms with E-state index in [1.807, 2.05) is 19.1 Å². The molecule has 5 amide bonds. The summed E-state index contributed by atoms with van der Waals surface area (Å²) in [5.74, 6) is -0.992. The van der Waals surface area contributed by atoms with Gasteiger partial charge in [-0.1, -0.05) is 31.8 Å². The van der Waals surface area contributed by atoms with Crippen LogP contribution in [0.1, 0.15) is 102 Å². The largest absolute Gasteiger partial charge is 0.496 e. The van der Waals surface area contributed by atoms with E-state index < -0.39 is 62.6 Å². The predicted molar refractivity (Wildman–Crippen MR) is 230 cm³/mol. The number of benzene rings is 1. The Balaban J connectivity index is 1.15. The van der Waals surface area contributed by atoms with Crippen molar-refractivity contribution in [2.24, 2.45) is 11.8 Å². The van der Waals surface area contributed by atoms with Crippen LogP contribution in [0.25, 0.3) is 10.9 Å². The first-order valence-electron chi connectivity index (χ1n) is 22.7. The van der Waals surface area contributed by atoms with Gasteiger partial charge < -0.3 is 39.4 Å². The van der Waals surface area contributed by atoms with Gasteiger partial charge in [-0.3, -0.25) is 19.1 Å². The summed E-state index contributed by atoms with van der Waals surface area (Å²) in [6, 6.07) is 3.29. The van der Waals surface area contributed by atoms with Gasteiger partial charge in [-0.25, -0.2) is 18.2 Å².